The zero-order valence-electron chi connectivity index (χ0n) is 43.1. The average Bonchev–Trinajstić information content (AvgIpc) is 3.66. The van der Waals surface area contributed by atoms with Gasteiger partial charge in [0.1, 0.15) is 26.4 Å². The number of aromatic nitrogens is 1. The topological polar surface area (TPSA) is 214 Å². The molecule has 77 heavy (non-hydrogen) atoms. The van der Waals surface area contributed by atoms with Gasteiger partial charge in [-0.05, 0) is 78.6 Å². The van der Waals surface area contributed by atoms with Gasteiger partial charge < -0.3 is 47.7 Å². The maximum Gasteiger partial charge on any atom is 0.416 e. The number of ether oxygens (including phenoxy) is 8. The first kappa shape index (κ1) is 53.6. The Morgan fingerprint density at radius 2 is 1.19 bits per heavy atom. The third-order valence-electron chi connectivity index (χ3n) is 13.8. The van der Waals surface area contributed by atoms with E-state index in [9.17, 15) is 27.6 Å². The highest BCUT2D eigenvalue weighted by Gasteiger charge is 2.48. The Labute approximate surface area is 446 Å². The Kier molecular flexibility index (Phi) is 16.0. The first-order valence-electron chi connectivity index (χ1n) is 24.5. The van der Waals surface area contributed by atoms with Crippen molar-refractivity contribution < 1.29 is 65.5 Å². The molecule has 4 aliphatic heterocycles. The van der Waals surface area contributed by atoms with E-state index in [2.05, 4.69) is 17.9 Å². The molecular weight excluding hydrogens is 1010 g/mol. The lowest BCUT2D eigenvalue weighted by Crippen LogP contribution is -2.56. The van der Waals surface area contributed by atoms with E-state index in [1.807, 2.05) is 30.3 Å². The van der Waals surface area contributed by atoms with Crippen molar-refractivity contribution in [3.8, 4) is 23.0 Å². The number of rotatable bonds is 17. The zero-order chi connectivity index (χ0) is 54.5. The first-order chi connectivity index (χ1) is 37.3. The molecule has 402 valence electrons. The van der Waals surface area contributed by atoms with Crippen LogP contribution in [0.3, 0.4) is 0 Å². The van der Waals surface area contributed by atoms with E-state index in [1.54, 1.807) is 52.3 Å². The van der Waals surface area contributed by atoms with Crippen molar-refractivity contribution in [1.82, 2.24) is 19.5 Å². The van der Waals surface area contributed by atoms with Crippen molar-refractivity contribution >= 4 is 51.0 Å². The number of nitrogens with one attached hydrogen (secondary N) is 1. The molecule has 9 rings (SSSR count). The molecule has 0 radical (unpaired) electrons. The number of hydrogen-bond donors (Lipinski definition) is 1. The van der Waals surface area contributed by atoms with Crippen molar-refractivity contribution in [2.75, 3.05) is 65.0 Å². The van der Waals surface area contributed by atoms with E-state index in [4.69, 9.17) is 42.9 Å². The van der Waals surface area contributed by atoms with E-state index in [0.717, 1.165) is 22.3 Å². The fourth-order valence-electron chi connectivity index (χ4n) is 10.1. The zero-order valence-corrected chi connectivity index (χ0v) is 43.9. The quantitative estimate of drug-likeness (QED) is 0.0908. The highest BCUT2D eigenvalue weighted by atomic mass is 32.2. The molecule has 0 bridgehead atoms. The Morgan fingerprint density at radius 1 is 0.675 bits per heavy atom. The molecule has 5 aromatic rings. The molecule has 1 N–H and O–H groups in total. The van der Waals surface area contributed by atoms with Gasteiger partial charge in [-0.15, -0.1) is 0 Å². The van der Waals surface area contributed by atoms with Crippen LogP contribution in [-0.2, 0) is 55.2 Å². The van der Waals surface area contributed by atoms with Gasteiger partial charge in [0.25, 0.3) is 11.8 Å². The fourth-order valence-corrected chi connectivity index (χ4v) is 10.8. The molecule has 4 atom stereocenters. The molecule has 0 spiro atoms. The minimum atomic E-state index is -3.68. The monoisotopic (exact) mass is 1070 g/mol. The number of pyridine rings is 1. The van der Waals surface area contributed by atoms with Gasteiger partial charge in [0.15, 0.2) is 35.5 Å². The number of nitrogens with zero attached hydrogens (tertiary/aromatic N) is 5. The summed E-state index contributed by atoms with van der Waals surface area (Å²) < 4.78 is 74.9. The molecule has 0 saturated heterocycles. The van der Waals surface area contributed by atoms with Crippen LogP contribution >= 0.6 is 0 Å². The molecule has 4 aliphatic rings. The van der Waals surface area contributed by atoms with E-state index < -0.39 is 52.7 Å². The molecule has 21 heteroatoms. The van der Waals surface area contributed by atoms with Crippen LogP contribution in [0.15, 0.2) is 127 Å². The first-order valence-corrected chi connectivity index (χ1v) is 26.0. The summed E-state index contributed by atoms with van der Waals surface area (Å²) >= 11 is 0. The van der Waals surface area contributed by atoms with Gasteiger partial charge in [-0.25, -0.2) is 32.5 Å². The van der Waals surface area contributed by atoms with E-state index >= 15 is 0 Å². The molecule has 4 aromatic carbocycles. The normalized spacial score (nSPS) is 18.7. The summed E-state index contributed by atoms with van der Waals surface area (Å²) in [5.74, 6) is 0.0654. The number of hydrogen-bond acceptors (Lipinski definition) is 15. The van der Waals surface area contributed by atoms with Gasteiger partial charge in [0.2, 0.25) is 10.0 Å². The predicted octanol–water partition coefficient (Wildman–Crippen LogP) is 7.26. The molecule has 0 saturated carbocycles. The summed E-state index contributed by atoms with van der Waals surface area (Å²) in [6.45, 7) is 7.41. The van der Waals surface area contributed by atoms with Crippen molar-refractivity contribution in [2.24, 2.45) is 0 Å². The van der Waals surface area contributed by atoms with Crippen LogP contribution in [0.4, 0.5) is 21.0 Å². The van der Waals surface area contributed by atoms with Gasteiger partial charge in [0.05, 0.1) is 65.1 Å². The van der Waals surface area contributed by atoms with Crippen molar-refractivity contribution in [2.45, 2.75) is 62.0 Å². The minimum absolute atomic E-state index is 0.0828. The van der Waals surface area contributed by atoms with E-state index in [-0.39, 0.29) is 95.7 Å². The Bertz CT molecular complexity index is 3260. The largest absolute Gasteiger partial charge is 0.493 e. The van der Waals surface area contributed by atoms with Crippen molar-refractivity contribution in [3.05, 3.63) is 162 Å². The van der Waals surface area contributed by atoms with Crippen LogP contribution in [0.1, 0.15) is 55.2 Å². The van der Waals surface area contributed by atoms with E-state index in [0.29, 0.717) is 24.4 Å². The smallest absolute Gasteiger partial charge is 0.416 e. The summed E-state index contributed by atoms with van der Waals surface area (Å²) in [6.07, 6.45) is 1.85. The lowest BCUT2D eigenvalue weighted by atomic mass is 9.92. The van der Waals surface area contributed by atoms with Crippen molar-refractivity contribution in [1.29, 1.82) is 0 Å². The molecule has 2 unspecified atom stereocenters. The number of benzene rings is 4. The van der Waals surface area contributed by atoms with Crippen LogP contribution < -0.4 is 33.5 Å². The highest BCUT2D eigenvalue weighted by Crippen LogP contribution is 2.45. The van der Waals surface area contributed by atoms with Gasteiger partial charge in [-0.1, -0.05) is 73.9 Å². The lowest BCUT2D eigenvalue weighted by molar-refractivity contribution is 0.00854. The highest BCUT2D eigenvalue weighted by molar-refractivity contribution is 7.89. The molecule has 4 amide bonds. The Hall–Kier alpha value is -8.24. The average molecular weight is 1070 g/mol. The van der Waals surface area contributed by atoms with Crippen LogP contribution in [0.2, 0.25) is 0 Å². The second-order valence-corrected chi connectivity index (χ2v) is 20.0. The van der Waals surface area contributed by atoms with Crippen LogP contribution in [0.5, 0.6) is 23.0 Å². The third-order valence-corrected chi connectivity index (χ3v) is 15.3. The summed E-state index contributed by atoms with van der Waals surface area (Å²) in [4.78, 5) is 68.2. The number of carbonyl (C=O) groups excluding carboxylic acids is 4. The minimum Gasteiger partial charge on any atom is -0.493 e. The lowest BCUT2D eigenvalue weighted by Gasteiger charge is -2.41. The number of sulfonamides is 1. The maximum absolute atomic E-state index is 14.6. The summed E-state index contributed by atoms with van der Waals surface area (Å²) in [7, 11) is 3.46. The number of anilines is 2. The fraction of sp³-hybridized carbons (Fsp3) is 0.304. The third kappa shape index (κ3) is 10.5. The number of amides is 4. The molecule has 0 fully saturated rings. The number of carbonyl (C=O) groups is 4. The van der Waals surface area contributed by atoms with Crippen LogP contribution in [0, 0.1) is 0 Å². The molecular formula is C56H58N6O14S. The summed E-state index contributed by atoms with van der Waals surface area (Å²) in [5.41, 5.74) is 5.17. The van der Waals surface area contributed by atoms with Gasteiger partial charge in [-0.3, -0.25) is 14.6 Å². The standard InChI is InChI=1S/C56H58N6O14S/c1-8-23-73-55(65)61-43-29-49(47(69-4)27-41(43)51(63)59-22-21-36(26-45(59)53(61)71-6)34-17-19-40(20-18-34)77(67,68)57-3)75-32-38-15-12-16-39(58-38)33-76-50-30-44-42(28-48(50)70-5)52(64)60-31-37-14-11-10-13-35(37)25-46(60)54(72-7)62(44)56(66)74-24-9-2/h8-21,27-30,45-46,53-54,57H,1-2,22-26,31-33H2,3-7H3/t45-,46-,53?,54?/m0/s1. The van der Waals surface area contributed by atoms with Crippen LogP contribution in [-0.4, -0.2) is 127 Å². The number of methoxy groups -OCH3 is 4. The summed E-state index contributed by atoms with van der Waals surface area (Å²) in [6, 6.07) is 24.4. The van der Waals surface area contributed by atoms with Crippen molar-refractivity contribution in [3.63, 3.8) is 0 Å². The predicted molar refractivity (Wildman–Crippen MR) is 282 cm³/mol. The Balaban J connectivity index is 0.977. The molecule has 1 aromatic heterocycles. The molecule has 5 heterocycles. The van der Waals surface area contributed by atoms with E-state index in [1.165, 1.54) is 81.7 Å². The second-order valence-electron chi connectivity index (χ2n) is 18.1. The Morgan fingerprint density at radius 3 is 1.70 bits per heavy atom. The molecule has 0 aliphatic carbocycles. The number of fused-ring (bicyclic) bond motifs is 5. The second kappa shape index (κ2) is 22.9. The van der Waals surface area contributed by atoms with Crippen LogP contribution in [0.25, 0.3) is 5.57 Å². The molecule has 20 nitrogen and oxygen atoms in total. The van der Waals surface area contributed by atoms with Gasteiger partial charge in [0, 0.05) is 39.4 Å². The van der Waals surface area contributed by atoms with Gasteiger partial charge in [-0.2, -0.15) is 0 Å². The maximum atomic E-state index is 14.6. The SMILES string of the molecule is C=CCOC(=O)N1c2cc(OCc3cccc(COc4cc5c(cc4OC)C(=O)N4Cc6ccccc6C[C@H]4C(OC)N5C(=O)OCC=C)n3)c(OC)cc2C(=O)N2CC=C(c3ccc(S(=O)(=O)NC)cc3)C[C@H]2C1OC. The van der Waals surface area contributed by atoms with Gasteiger partial charge >= 0.3 is 12.2 Å². The summed E-state index contributed by atoms with van der Waals surface area (Å²) in [5, 5.41) is 0.